The van der Waals surface area contributed by atoms with Gasteiger partial charge in [0.1, 0.15) is 5.78 Å². The van der Waals surface area contributed by atoms with Crippen LogP contribution in [0, 0.1) is 5.92 Å². The SMILES string of the molecule is O=C1C[C@@H](COCc2ccc3c(c2)OCO3)[C@@H]1c1ccc2c(c1)OCO2. The average Bonchev–Trinajstić information content (AvgIpc) is 3.28. The summed E-state index contributed by atoms with van der Waals surface area (Å²) < 4.78 is 27.3. The van der Waals surface area contributed by atoms with Gasteiger partial charge >= 0.3 is 0 Å². The van der Waals surface area contributed by atoms with Crippen LogP contribution in [0.2, 0.25) is 0 Å². The van der Waals surface area contributed by atoms with Crippen LogP contribution in [0.4, 0.5) is 0 Å². The molecule has 2 aromatic carbocycles. The first kappa shape index (κ1) is 15.5. The predicted octanol–water partition coefficient (Wildman–Crippen LogP) is 3.03. The van der Waals surface area contributed by atoms with E-state index in [-0.39, 0.29) is 31.2 Å². The Kier molecular flexibility index (Phi) is 3.71. The second-order valence-electron chi connectivity index (χ2n) is 6.72. The van der Waals surface area contributed by atoms with Crippen molar-refractivity contribution in [2.24, 2.45) is 5.92 Å². The third-order valence-electron chi connectivity index (χ3n) is 5.08. The zero-order valence-corrected chi connectivity index (χ0v) is 14.1. The summed E-state index contributed by atoms with van der Waals surface area (Å²) in [6.45, 7) is 1.52. The van der Waals surface area contributed by atoms with Gasteiger partial charge in [-0.3, -0.25) is 4.79 Å². The molecule has 0 bridgehead atoms. The maximum Gasteiger partial charge on any atom is 0.231 e. The molecule has 0 amide bonds. The Morgan fingerprint density at radius 3 is 2.35 bits per heavy atom. The molecule has 5 rings (SSSR count). The molecule has 134 valence electrons. The quantitative estimate of drug-likeness (QED) is 0.822. The highest BCUT2D eigenvalue weighted by Gasteiger charge is 2.41. The molecular formula is C20H18O6. The molecule has 1 fully saturated rings. The van der Waals surface area contributed by atoms with Crippen LogP contribution < -0.4 is 18.9 Å². The van der Waals surface area contributed by atoms with Crippen molar-refractivity contribution < 1.29 is 28.5 Å². The van der Waals surface area contributed by atoms with Crippen molar-refractivity contribution in [2.75, 3.05) is 20.2 Å². The molecule has 1 saturated carbocycles. The van der Waals surface area contributed by atoms with Gasteiger partial charge in [-0.1, -0.05) is 12.1 Å². The van der Waals surface area contributed by atoms with Crippen molar-refractivity contribution in [3.8, 4) is 23.0 Å². The molecule has 0 spiro atoms. The van der Waals surface area contributed by atoms with Crippen molar-refractivity contribution in [3.05, 3.63) is 47.5 Å². The van der Waals surface area contributed by atoms with E-state index < -0.39 is 0 Å². The molecular weight excluding hydrogens is 336 g/mol. The van der Waals surface area contributed by atoms with Gasteiger partial charge in [-0.2, -0.15) is 0 Å². The normalized spacial score (nSPS) is 22.4. The summed E-state index contributed by atoms with van der Waals surface area (Å²) in [5.74, 6) is 3.28. The van der Waals surface area contributed by atoms with E-state index in [2.05, 4.69) is 0 Å². The summed E-state index contributed by atoms with van der Waals surface area (Å²) in [5.41, 5.74) is 2.00. The highest BCUT2D eigenvalue weighted by Crippen LogP contribution is 2.43. The minimum atomic E-state index is -0.124. The lowest BCUT2D eigenvalue weighted by Gasteiger charge is -2.35. The highest BCUT2D eigenvalue weighted by atomic mass is 16.7. The molecule has 2 heterocycles. The van der Waals surface area contributed by atoms with E-state index in [1.165, 1.54) is 0 Å². The number of benzene rings is 2. The molecule has 0 N–H and O–H groups in total. The standard InChI is InChI=1S/C20H18O6/c21-15-6-14(20(15)13-2-4-17-19(7-13)26-11-24-17)9-22-8-12-1-3-16-18(5-12)25-10-23-16/h1-5,7,14,20H,6,8-11H2/t14-,20-/m0/s1. The van der Waals surface area contributed by atoms with Gasteiger partial charge in [0, 0.05) is 18.3 Å². The highest BCUT2D eigenvalue weighted by molar-refractivity contribution is 5.92. The predicted molar refractivity (Wildman–Crippen MR) is 90.6 cm³/mol. The van der Waals surface area contributed by atoms with E-state index in [1.54, 1.807) is 0 Å². The van der Waals surface area contributed by atoms with Gasteiger partial charge in [0.15, 0.2) is 23.0 Å². The Labute approximate surface area is 150 Å². The second kappa shape index (κ2) is 6.21. The fourth-order valence-corrected chi connectivity index (χ4v) is 3.68. The number of ether oxygens (including phenoxy) is 5. The molecule has 0 radical (unpaired) electrons. The van der Waals surface area contributed by atoms with Crippen molar-refractivity contribution in [1.29, 1.82) is 0 Å². The number of Topliss-reactive ketones (excluding diaryl/α,β-unsaturated/α-hetero) is 1. The van der Waals surface area contributed by atoms with Crippen LogP contribution in [0.15, 0.2) is 36.4 Å². The van der Waals surface area contributed by atoms with Gasteiger partial charge < -0.3 is 23.7 Å². The van der Waals surface area contributed by atoms with Crippen LogP contribution in [0.25, 0.3) is 0 Å². The van der Waals surface area contributed by atoms with E-state index >= 15 is 0 Å². The number of carbonyl (C=O) groups is 1. The van der Waals surface area contributed by atoms with E-state index in [4.69, 9.17) is 23.7 Å². The van der Waals surface area contributed by atoms with Crippen molar-refractivity contribution >= 4 is 5.78 Å². The second-order valence-corrected chi connectivity index (χ2v) is 6.72. The lowest BCUT2D eigenvalue weighted by Crippen LogP contribution is -2.37. The monoisotopic (exact) mass is 354 g/mol. The molecule has 0 unspecified atom stereocenters. The lowest BCUT2D eigenvalue weighted by atomic mass is 9.69. The summed E-state index contributed by atoms with van der Waals surface area (Å²) in [7, 11) is 0. The molecule has 0 aromatic heterocycles. The molecule has 6 heteroatoms. The molecule has 0 saturated heterocycles. The number of hydrogen-bond acceptors (Lipinski definition) is 6. The van der Waals surface area contributed by atoms with Gasteiger partial charge in [-0.25, -0.2) is 0 Å². The van der Waals surface area contributed by atoms with Crippen LogP contribution >= 0.6 is 0 Å². The van der Waals surface area contributed by atoms with Crippen LogP contribution in [-0.4, -0.2) is 26.0 Å². The van der Waals surface area contributed by atoms with Crippen LogP contribution in [-0.2, 0) is 16.1 Å². The first-order chi connectivity index (χ1) is 12.8. The molecule has 6 nitrogen and oxygen atoms in total. The first-order valence-electron chi connectivity index (χ1n) is 8.66. The topological polar surface area (TPSA) is 63.2 Å². The van der Waals surface area contributed by atoms with Gasteiger partial charge in [0.05, 0.1) is 13.2 Å². The smallest absolute Gasteiger partial charge is 0.231 e. The third kappa shape index (κ3) is 2.66. The fraction of sp³-hybridized carbons (Fsp3) is 0.350. The zero-order valence-electron chi connectivity index (χ0n) is 14.1. The average molecular weight is 354 g/mol. The van der Waals surface area contributed by atoms with Gasteiger partial charge in [-0.15, -0.1) is 0 Å². The molecule has 1 aliphatic carbocycles. The Hall–Kier alpha value is -2.73. The molecule has 26 heavy (non-hydrogen) atoms. The summed E-state index contributed by atoms with van der Waals surface area (Å²) in [6, 6.07) is 11.5. The molecule has 3 aliphatic rings. The van der Waals surface area contributed by atoms with E-state index in [0.717, 1.165) is 28.4 Å². The van der Waals surface area contributed by atoms with Crippen molar-refractivity contribution in [3.63, 3.8) is 0 Å². The summed E-state index contributed by atoms with van der Waals surface area (Å²) in [5, 5.41) is 0. The number of hydrogen-bond donors (Lipinski definition) is 0. The number of fused-ring (bicyclic) bond motifs is 2. The Morgan fingerprint density at radius 2 is 1.58 bits per heavy atom. The van der Waals surface area contributed by atoms with Crippen molar-refractivity contribution in [1.82, 2.24) is 0 Å². The van der Waals surface area contributed by atoms with E-state index in [1.807, 2.05) is 36.4 Å². The van der Waals surface area contributed by atoms with E-state index in [9.17, 15) is 4.79 Å². The van der Waals surface area contributed by atoms with Gasteiger partial charge in [0.2, 0.25) is 13.6 Å². The zero-order chi connectivity index (χ0) is 17.5. The number of carbonyl (C=O) groups excluding carboxylic acids is 1. The maximum absolute atomic E-state index is 12.1. The van der Waals surface area contributed by atoms with Crippen LogP contribution in [0.1, 0.15) is 23.5 Å². The maximum atomic E-state index is 12.1. The Balaban J connectivity index is 1.21. The summed E-state index contributed by atoms with van der Waals surface area (Å²) >= 11 is 0. The number of rotatable bonds is 5. The van der Waals surface area contributed by atoms with Crippen LogP contribution in [0.5, 0.6) is 23.0 Å². The third-order valence-corrected chi connectivity index (χ3v) is 5.08. The molecule has 2 aliphatic heterocycles. The number of ketones is 1. The molecule has 2 atom stereocenters. The fourth-order valence-electron chi connectivity index (χ4n) is 3.68. The summed E-state index contributed by atoms with van der Waals surface area (Å²) in [6.07, 6.45) is 0.556. The lowest BCUT2D eigenvalue weighted by molar-refractivity contribution is -0.132. The van der Waals surface area contributed by atoms with Crippen molar-refractivity contribution in [2.45, 2.75) is 18.9 Å². The van der Waals surface area contributed by atoms with E-state index in [0.29, 0.717) is 25.4 Å². The largest absolute Gasteiger partial charge is 0.454 e. The first-order valence-corrected chi connectivity index (χ1v) is 8.66. The minimum absolute atomic E-state index is 0.124. The Morgan fingerprint density at radius 1 is 0.885 bits per heavy atom. The molecule has 2 aromatic rings. The minimum Gasteiger partial charge on any atom is -0.454 e. The summed E-state index contributed by atoms with van der Waals surface area (Å²) in [4.78, 5) is 12.1. The Bertz CT molecular complexity index is 861. The van der Waals surface area contributed by atoms with Gasteiger partial charge in [-0.05, 0) is 35.4 Å². The van der Waals surface area contributed by atoms with Crippen LogP contribution in [0.3, 0.4) is 0 Å². The van der Waals surface area contributed by atoms with Gasteiger partial charge in [0.25, 0.3) is 0 Å².